The van der Waals surface area contributed by atoms with Crippen LogP contribution in [0.5, 0.6) is 0 Å². The lowest BCUT2D eigenvalue weighted by Crippen LogP contribution is -2.29. The van der Waals surface area contributed by atoms with E-state index in [9.17, 15) is 4.79 Å². The van der Waals surface area contributed by atoms with E-state index in [1.54, 1.807) is 6.20 Å². The van der Waals surface area contributed by atoms with Gasteiger partial charge < -0.3 is 10.2 Å². The third-order valence-electron chi connectivity index (χ3n) is 2.21. The monoisotopic (exact) mass is 334 g/mol. The van der Waals surface area contributed by atoms with Crippen molar-refractivity contribution in [2.45, 2.75) is 6.54 Å². The maximum atomic E-state index is 11.9. The van der Waals surface area contributed by atoms with Crippen LogP contribution in [0, 0.1) is 0 Å². The fraction of sp³-hybridized carbons (Fsp3) is 0.455. The molecule has 18 heavy (non-hydrogen) atoms. The van der Waals surface area contributed by atoms with Crippen molar-refractivity contribution in [3.63, 3.8) is 0 Å². The first-order valence-corrected chi connectivity index (χ1v) is 6.56. The molecule has 0 unspecified atom stereocenters. The molecule has 5 nitrogen and oxygen atoms in total. The zero-order valence-electron chi connectivity index (χ0n) is 10.4. The molecule has 0 aliphatic heterocycles. The molecule has 1 aromatic rings. The molecule has 100 valence electrons. The second-order valence-electron chi connectivity index (χ2n) is 4.07. The summed E-state index contributed by atoms with van der Waals surface area (Å²) in [6.07, 6.45) is 1.55. The van der Waals surface area contributed by atoms with Gasteiger partial charge in [-0.3, -0.25) is 4.79 Å². The van der Waals surface area contributed by atoms with Gasteiger partial charge in [-0.25, -0.2) is 4.68 Å². The summed E-state index contributed by atoms with van der Waals surface area (Å²) < 4.78 is 2.13. The van der Waals surface area contributed by atoms with Crippen LogP contribution < -0.4 is 10.9 Å². The predicted molar refractivity (Wildman–Crippen MR) is 78.6 cm³/mol. The quantitative estimate of drug-likeness (QED) is 0.861. The van der Waals surface area contributed by atoms with Gasteiger partial charge in [0.1, 0.15) is 5.02 Å². The van der Waals surface area contributed by atoms with Gasteiger partial charge >= 0.3 is 0 Å². The number of anilines is 1. The fourth-order valence-electron chi connectivity index (χ4n) is 1.23. The zero-order valence-corrected chi connectivity index (χ0v) is 12.8. The van der Waals surface area contributed by atoms with Crippen molar-refractivity contribution in [2.75, 3.05) is 32.5 Å². The molecule has 0 atom stereocenters. The Morgan fingerprint density at radius 1 is 1.67 bits per heavy atom. The highest BCUT2D eigenvalue weighted by Gasteiger charge is 2.09. The molecule has 0 spiro atoms. The molecule has 7 heteroatoms. The molecular formula is C11H16BrClN4O. The molecule has 0 bridgehead atoms. The van der Waals surface area contributed by atoms with Gasteiger partial charge in [0.05, 0.1) is 18.4 Å². The van der Waals surface area contributed by atoms with Gasteiger partial charge in [0.2, 0.25) is 0 Å². The summed E-state index contributed by atoms with van der Waals surface area (Å²) in [6, 6.07) is 0. The summed E-state index contributed by atoms with van der Waals surface area (Å²) in [5.41, 5.74) is 0.229. The smallest absolute Gasteiger partial charge is 0.287 e. The standard InChI is InChI=1S/C11H16BrClN4O/c1-8(12)6-14-9-7-15-17(5-4-16(2)3)11(18)10(9)13/h7,14H,1,4-6H2,2-3H3. The van der Waals surface area contributed by atoms with Gasteiger partial charge in [0.15, 0.2) is 0 Å². The summed E-state index contributed by atoms with van der Waals surface area (Å²) in [5, 5.41) is 7.21. The summed E-state index contributed by atoms with van der Waals surface area (Å²) in [4.78, 5) is 13.9. The minimum Gasteiger partial charge on any atom is -0.378 e. The van der Waals surface area contributed by atoms with Gasteiger partial charge in [-0.1, -0.05) is 34.1 Å². The normalized spacial score (nSPS) is 10.7. The molecule has 0 aliphatic carbocycles. The number of likely N-dealkylation sites (N-methyl/N-ethyl adjacent to an activating group) is 1. The van der Waals surface area contributed by atoms with Crippen molar-refractivity contribution in [1.29, 1.82) is 0 Å². The Kier molecular flexibility index (Phi) is 5.84. The molecule has 1 N–H and O–H groups in total. The van der Waals surface area contributed by atoms with E-state index in [1.165, 1.54) is 4.68 Å². The summed E-state index contributed by atoms with van der Waals surface area (Å²) in [6.45, 7) is 5.42. The van der Waals surface area contributed by atoms with E-state index in [-0.39, 0.29) is 10.6 Å². The summed E-state index contributed by atoms with van der Waals surface area (Å²) in [5.74, 6) is 0. The van der Waals surface area contributed by atoms with Crippen LogP contribution >= 0.6 is 27.5 Å². The van der Waals surface area contributed by atoms with Crippen LogP contribution in [-0.2, 0) is 6.54 Å². The Bertz CT molecular complexity index is 486. The van der Waals surface area contributed by atoms with Gasteiger partial charge in [-0.15, -0.1) is 0 Å². The average molecular weight is 336 g/mol. The molecule has 0 aromatic carbocycles. The predicted octanol–water partition coefficient (Wildman–Crippen LogP) is 1.78. The molecule has 0 saturated carbocycles. The number of aromatic nitrogens is 2. The van der Waals surface area contributed by atoms with E-state index in [0.717, 1.165) is 11.0 Å². The highest BCUT2D eigenvalue weighted by atomic mass is 79.9. The topological polar surface area (TPSA) is 50.2 Å². The zero-order chi connectivity index (χ0) is 13.7. The fourth-order valence-corrected chi connectivity index (χ4v) is 1.59. The Hall–Kier alpha value is -0.850. The van der Waals surface area contributed by atoms with Crippen molar-refractivity contribution in [2.24, 2.45) is 0 Å². The molecule has 0 amide bonds. The Labute approximate surface area is 120 Å². The second kappa shape index (κ2) is 6.92. The number of hydrogen-bond acceptors (Lipinski definition) is 4. The van der Waals surface area contributed by atoms with Crippen LogP contribution in [0.1, 0.15) is 0 Å². The maximum absolute atomic E-state index is 11.9. The van der Waals surface area contributed by atoms with Crippen molar-refractivity contribution in [1.82, 2.24) is 14.7 Å². The van der Waals surface area contributed by atoms with Crippen LogP contribution in [0.25, 0.3) is 0 Å². The molecule has 1 aromatic heterocycles. The van der Waals surface area contributed by atoms with E-state index in [1.807, 2.05) is 19.0 Å². The van der Waals surface area contributed by atoms with Crippen LogP contribution in [0.4, 0.5) is 5.69 Å². The summed E-state index contributed by atoms with van der Waals surface area (Å²) >= 11 is 9.22. The van der Waals surface area contributed by atoms with Gasteiger partial charge in [0, 0.05) is 17.6 Å². The van der Waals surface area contributed by atoms with Crippen molar-refractivity contribution < 1.29 is 0 Å². The maximum Gasteiger partial charge on any atom is 0.287 e. The Morgan fingerprint density at radius 3 is 2.89 bits per heavy atom. The minimum atomic E-state index is -0.288. The van der Waals surface area contributed by atoms with Crippen LogP contribution in [0.15, 0.2) is 22.1 Å². The van der Waals surface area contributed by atoms with Crippen molar-refractivity contribution in [3.05, 3.63) is 32.6 Å². The number of rotatable bonds is 6. The van der Waals surface area contributed by atoms with Crippen molar-refractivity contribution in [3.8, 4) is 0 Å². The minimum absolute atomic E-state index is 0.150. The van der Waals surface area contributed by atoms with Crippen LogP contribution in [-0.4, -0.2) is 41.9 Å². The number of nitrogens with one attached hydrogen (secondary N) is 1. The molecule has 0 fully saturated rings. The number of hydrogen-bond donors (Lipinski definition) is 1. The van der Waals surface area contributed by atoms with E-state index < -0.39 is 0 Å². The van der Waals surface area contributed by atoms with E-state index in [4.69, 9.17) is 11.6 Å². The molecular weight excluding hydrogens is 320 g/mol. The lowest BCUT2D eigenvalue weighted by Gasteiger charge is -2.12. The SMILES string of the molecule is C=C(Br)CNc1cnn(CCN(C)C)c(=O)c1Cl. The van der Waals surface area contributed by atoms with E-state index >= 15 is 0 Å². The van der Waals surface area contributed by atoms with Gasteiger partial charge in [-0.05, 0) is 14.1 Å². The van der Waals surface area contributed by atoms with E-state index in [2.05, 4.69) is 32.9 Å². The first-order chi connectivity index (χ1) is 8.41. The number of halogens is 2. The molecule has 1 heterocycles. The largest absolute Gasteiger partial charge is 0.378 e. The highest BCUT2D eigenvalue weighted by Crippen LogP contribution is 2.16. The second-order valence-corrected chi connectivity index (χ2v) is 5.57. The van der Waals surface area contributed by atoms with Crippen molar-refractivity contribution >= 4 is 33.2 Å². The molecule has 1 rings (SSSR count). The summed E-state index contributed by atoms with van der Waals surface area (Å²) in [7, 11) is 3.87. The lowest BCUT2D eigenvalue weighted by molar-refractivity contribution is 0.367. The molecule has 0 saturated heterocycles. The highest BCUT2D eigenvalue weighted by molar-refractivity contribution is 9.11. The third kappa shape index (κ3) is 4.44. The average Bonchev–Trinajstić information content (AvgIpc) is 2.29. The first-order valence-electron chi connectivity index (χ1n) is 5.39. The molecule has 0 aliphatic rings. The van der Waals surface area contributed by atoms with Crippen LogP contribution in [0.2, 0.25) is 5.02 Å². The Balaban J connectivity index is 2.84. The Morgan fingerprint density at radius 2 is 2.33 bits per heavy atom. The van der Waals surface area contributed by atoms with E-state index in [0.29, 0.717) is 18.8 Å². The third-order valence-corrected chi connectivity index (χ3v) is 2.86. The van der Waals surface area contributed by atoms with Crippen LogP contribution in [0.3, 0.4) is 0 Å². The van der Waals surface area contributed by atoms with Gasteiger partial charge in [-0.2, -0.15) is 5.10 Å². The number of nitrogens with zero attached hydrogens (tertiary/aromatic N) is 3. The molecule has 0 radical (unpaired) electrons. The van der Waals surface area contributed by atoms with Gasteiger partial charge in [0.25, 0.3) is 5.56 Å². The lowest BCUT2D eigenvalue weighted by atomic mass is 10.4. The first kappa shape index (κ1) is 15.2.